The number of aromatic nitrogens is 3. The molecule has 0 aliphatic carbocycles. The van der Waals surface area contributed by atoms with Crippen molar-refractivity contribution in [2.24, 2.45) is 0 Å². The molecule has 0 amide bonds. The molecule has 0 aliphatic heterocycles. The first-order valence-electron chi connectivity index (χ1n) is 8.72. The molecule has 0 saturated heterocycles. The molecule has 0 radical (unpaired) electrons. The van der Waals surface area contributed by atoms with Gasteiger partial charge in [-0.3, -0.25) is 0 Å². The molecule has 4 aromatic rings. The summed E-state index contributed by atoms with van der Waals surface area (Å²) in [5.74, 6) is 0.518. The molecule has 0 bridgehead atoms. The number of benzene rings is 2. The van der Waals surface area contributed by atoms with Gasteiger partial charge in [0.05, 0.1) is 23.1 Å². The molecule has 0 unspecified atom stereocenters. The van der Waals surface area contributed by atoms with Crippen LogP contribution < -0.4 is 0 Å². The van der Waals surface area contributed by atoms with E-state index in [9.17, 15) is 13.2 Å². The van der Waals surface area contributed by atoms with E-state index in [1.165, 1.54) is 18.5 Å². The van der Waals surface area contributed by atoms with Gasteiger partial charge in [0.15, 0.2) is 5.76 Å². The number of nitrogens with zero attached hydrogens (tertiary/aromatic N) is 3. The van der Waals surface area contributed by atoms with Crippen LogP contribution in [-0.2, 0) is 17.5 Å². The Morgan fingerprint density at radius 2 is 1.76 bits per heavy atom. The fourth-order valence-electron chi connectivity index (χ4n) is 3.03. The topological polar surface area (TPSA) is 53.1 Å². The third kappa shape index (κ3) is 3.79. The quantitative estimate of drug-likeness (QED) is 0.453. The SMILES string of the molecule is COCc1onc(-c2ccccc2)c1-c1cn(-c2ccc(C(F)(F)F)cc2)cn1. The van der Waals surface area contributed by atoms with Gasteiger partial charge in [-0.2, -0.15) is 13.2 Å². The smallest absolute Gasteiger partial charge is 0.377 e. The zero-order chi connectivity index (χ0) is 20.4. The van der Waals surface area contributed by atoms with Crippen LogP contribution in [-0.4, -0.2) is 21.8 Å². The summed E-state index contributed by atoms with van der Waals surface area (Å²) in [6.07, 6.45) is -1.11. The molecule has 2 aromatic carbocycles. The van der Waals surface area contributed by atoms with E-state index in [4.69, 9.17) is 9.26 Å². The maximum atomic E-state index is 12.8. The van der Waals surface area contributed by atoms with Gasteiger partial charge in [0.1, 0.15) is 12.3 Å². The molecular weight excluding hydrogens is 383 g/mol. The summed E-state index contributed by atoms with van der Waals surface area (Å²) in [6, 6.07) is 14.4. The summed E-state index contributed by atoms with van der Waals surface area (Å²) in [4.78, 5) is 4.42. The van der Waals surface area contributed by atoms with Gasteiger partial charge in [0.2, 0.25) is 0 Å². The third-order valence-corrected chi connectivity index (χ3v) is 4.42. The third-order valence-electron chi connectivity index (χ3n) is 4.42. The lowest BCUT2D eigenvalue weighted by Gasteiger charge is -2.07. The van der Waals surface area contributed by atoms with Gasteiger partial charge in [-0.25, -0.2) is 4.98 Å². The Morgan fingerprint density at radius 3 is 2.41 bits per heavy atom. The summed E-state index contributed by atoms with van der Waals surface area (Å²) >= 11 is 0. The highest BCUT2D eigenvalue weighted by atomic mass is 19.4. The van der Waals surface area contributed by atoms with E-state index in [1.807, 2.05) is 30.3 Å². The summed E-state index contributed by atoms with van der Waals surface area (Å²) in [5, 5.41) is 4.17. The Morgan fingerprint density at radius 1 is 1.03 bits per heavy atom. The monoisotopic (exact) mass is 399 g/mol. The van der Waals surface area contributed by atoms with Gasteiger partial charge in [-0.05, 0) is 24.3 Å². The van der Waals surface area contributed by atoms with Crippen molar-refractivity contribution in [3.8, 4) is 28.2 Å². The fourth-order valence-corrected chi connectivity index (χ4v) is 3.03. The van der Waals surface area contributed by atoms with Crippen LogP contribution in [0.1, 0.15) is 11.3 Å². The van der Waals surface area contributed by atoms with Crippen molar-refractivity contribution >= 4 is 0 Å². The van der Waals surface area contributed by atoms with Crippen molar-refractivity contribution < 1.29 is 22.4 Å². The summed E-state index contributed by atoms with van der Waals surface area (Å²) in [7, 11) is 1.55. The minimum Gasteiger partial charge on any atom is -0.377 e. The maximum absolute atomic E-state index is 12.8. The number of imidazole rings is 1. The number of methoxy groups -OCH3 is 1. The average Bonchev–Trinajstić information content (AvgIpc) is 3.35. The number of hydrogen-bond donors (Lipinski definition) is 0. The minimum atomic E-state index is -4.37. The second-order valence-corrected chi connectivity index (χ2v) is 6.34. The van der Waals surface area contributed by atoms with Gasteiger partial charge in [0, 0.05) is 24.6 Å². The summed E-state index contributed by atoms with van der Waals surface area (Å²) in [6.45, 7) is 0.211. The van der Waals surface area contributed by atoms with E-state index in [0.717, 1.165) is 17.7 Å². The highest BCUT2D eigenvalue weighted by molar-refractivity contribution is 5.80. The van der Waals surface area contributed by atoms with Crippen LogP contribution in [0.3, 0.4) is 0 Å². The van der Waals surface area contributed by atoms with Gasteiger partial charge >= 0.3 is 6.18 Å². The number of rotatable bonds is 5. The number of alkyl halides is 3. The van der Waals surface area contributed by atoms with E-state index in [1.54, 1.807) is 17.9 Å². The lowest BCUT2D eigenvalue weighted by Crippen LogP contribution is -2.04. The van der Waals surface area contributed by atoms with Gasteiger partial charge < -0.3 is 13.8 Å². The van der Waals surface area contributed by atoms with Crippen LogP contribution in [0.15, 0.2) is 71.6 Å². The molecule has 0 N–H and O–H groups in total. The Kier molecular flexibility index (Phi) is 4.94. The molecule has 0 aliphatic rings. The predicted octanol–water partition coefficient (Wildman–Crippen LogP) is 5.36. The molecular formula is C21H16F3N3O2. The van der Waals surface area contributed by atoms with Crippen molar-refractivity contribution in [2.75, 3.05) is 7.11 Å². The summed E-state index contributed by atoms with van der Waals surface area (Å²) < 4.78 is 50.7. The highest BCUT2D eigenvalue weighted by Crippen LogP contribution is 2.35. The van der Waals surface area contributed by atoms with Crippen molar-refractivity contribution in [3.05, 3.63) is 78.4 Å². The molecule has 0 saturated carbocycles. The van der Waals surface area contributed by atoms with E-state index >= 15 is 0 Å². The molecule has 0 atom stereocenters. The zero-order valence-corrected chi connectivity index (χ0v) is 15.3. The van der Waals surface area contributed by atoms with Crippen LogP contribution in [0, 0.1) is 0 Å². The molecule has 29 heavy (non-hydrogen) atoms. The van der Waals surface area contributed by atoms with Crippen LogP contribution in [0.25, 0.3) is 28.2 Å². The second kappa shape index (κ2) is 7.56. The lowest BCUT2D eigenvalue weighted by atomic mass is 10.0. The van der Waals surface area contributed by atoms with Crippen molar-refractivity contribution in [1.82, 2.24) is 14.7 Å². The van der Waals surface area contributed by atoms with Crippen molar-refractivity contribution in [2.45, 2.75) is 12.8 Å². The normalized spacial score (nSPS) is 11.7. The lowest BCUT2D eigenvalue weighted by molar-refractivity contribution is -0.137. The van der Waals surface area contributed by atoms with E-state index in [0.29, 0.717) is 28.4 Å². The maximum Gasteiger partial charge on any atom is 0.416 e. The van der Waals surface area contributed by atoms with Crippen LogP contribution in [0.2, 0.25) is 0 Å². The second-order valence-electron chi connectivity index (χ2n) is 6.34. The van der Waals surface area contributed by atoms with Gasteiger partial charge in [0.25, 0.3) is 0 Å². The largest absolute Gasteiger partial charge is 0.416 e. The molecule has 4 rings (SSSR count). The Labute approximate surface area is 164 Å². The Hall–Kier alpha value is -3.39. The zero-order valence-electron chi connectivity index (χ0n) is 15.3. The van der Waals surface area contributed by atoms with Crippen LogP contribution >= 0.6 is 0 Å². The molecule has 0 spiro atoms. The van der Waals surface area contributed by atoms with E-state index < -0.39 is 11.7 Å². The first-order chi connectivity index (χ1) is 14.0. The van der Waals surface area contributed by atoms with E-state index in [2.05, 4.69) is 10.1 Å². The number of ether oxygens (including phenoxy) is 1. The first kappa shape index (κ1) is 18.9. The fraction of sp³-hybridized carbons (Fsp3) is 0.143. The first-order valence-corrected chi connectivity index (χ1v) is 8.72. The number of hydrogen-bond acceptors (Lipinski definition) is 4. The Bertz CT molecular complexity index is 1100. The summed E-state index contributed by atoms with van der Waals surface area (Å²) in [5.41, 5.74) is 2.60. The highest BCUT2D eigenvalue weighted by Gasteiger charge is 2.30. The molecule has 2 aromatic heterocycles. The van der Waals surface area contributed by atoms with Crippen LogP contribution in [0.4, 0.5) is 13.2 Å². The Balaban J connectivity index is 1.74. The predicted molar refractivity (Wildman–Crippen MR) is 100 cm³/mol. The van der Waals surface area contributed by atoms with Gasteiger partial charge in [-0.1, -0.05) is 35.5 Å². The standard InChI is InChI=1S/C21H16F3N3O2/c1-28-12-18-19(20(26-29-18)14-5-3-2-4-6-14)17-11-27(13-25-17)16-9-7-15(8-10-16)21(22,23)24/h2-11,13H,12H2,1H3. The van der Waals surface area contributed by atoms with Gasteiger partial charge in [-0.15, -0.1) is 0 Å². The average molecular weight is 399 g/mol. The van der Waals surface area contributed by atoms with Crippen LogP contribution in [0.5, 0.6) is 0 Å². The van der Waals surface area contributed by atoms with E-state index in [-0.39, 0.29) is 6.61 Å². The molecule has 148 valence electrons. The van der Waals surface area contributed by atoms with Crippen molar-refractivity contribution in [1.29, 1.82) is 0 Å². The molecule has 0 fully saturated rings. The minimum absolute atomic E-state index is 0.211. The number of halogens is 3. The molecule has 5 nitrogen and oxygen atoms in total. The van der Waals surface area contributed by atoms with Crippen molar-refractivity contribution in [3.63, 3.8) is 0 Å². The molecule has 8 heteroatoms. The molecule has 2 heterocycles.